The summed E-state index contributed by atoms with van der Waals surface area (Å²) in [4.78, 5) is 4.33. The van der Waals surface area contributed by atoms with Gasteiger partial charge in [0.2, 0.25) is 0 Å². The SMILES string of the molecule is NCc1ccc(-c2cccc(Br)c2)nc1N. The minimum Gasteiger partial charge on any atom is -0.383 e. The van der Waals surface area contributed by atoms with Gasteiger partial charge in [0.1, 0.15) is 5.82 Å². The number of nitrogen functional groups attached to an aromatic ring is 1. The van der Waals surface area contributed by atoms with Crippen LogP contribution in [-0.4, -0.2) is 4.98 Å². The number of rotatable bonds is 2. The predicted octanol–water partition coefficient (Wildman–Crippen LogP) is 2.55. The lowest BCUT2D eigenvalue weighted by atomic mass is 10.1. The van der Waals surface area contributed by atoms with Crippen LogP contribution >= 0.6 is 15.9 Å². The van der Waals surface area contributed by atoms with E-state index in [-0.39, 0.29) is 0 Å². The Labute approximate surface area is 103 Å². The van der Waals surface area contributed by atoms with Crippen molar-refractivity contribution >= 4 is 21.7 Å². The maximum absolute atomic E-state index is 5.80. The highest BCUT2D eigenvalue weighted by atomic mass is 79.9. The smallest absolute Gasteiger partial charge is 0.128 e. The van der Waals surface area contributed by atoms with Gasteiger partial charge in [-0.25, -0.2) is 4.98 Å². The molecule has 0 radical (unpaired) electrons. The van der Waals surface area contributed by atoms with Crippen molar-refractivity contribution in [2.75, 3.05) is 5.73 Å². The molecule has 0 aliphatic carbocycles. The van der Waals surface area contributed by atoms with Gasteiger partial charge in [-0.15, -0.1) is 0 Å². The van der Waals surface area contributed by atoms with Gasteiger partial charge < -0.3 is 11.5 Å². The number of anilines is 1. The average Bonchev–Trinajstić information content (AvgIpc) is 2.29. The van der Waals surface area contributed by atoms with Gasteiger partial charge in [-0.2, -0.15) is 0 Å². The first kappa shape index (κ1) is 11.1. The third kappa shape index (κ3) is 2.23. The lowest BCUT2D eigenvalue weighted by Gasteiger charge is -2.06. The van der Waals surface area contributed by atoms with Gasteiger partial charge in [0.15, 0.2) is 0 Å². The molecule has 1 aromatic carbocycles. The Bertz CT molecular complexity index is 511. The summed E-state index contributed by atoms with van der Waals surface area (Å²) in [6, 6.07) is 11.8. The number of aromatic nitrogens is 1. The molecule has 0 aliphatic heterocycles. The van der Waals surface area contributed by atoms with Crippen LogP contribution in [0.4, 0.5) is 5.82 Å². The fourth-order valence-electron chi connectivity index (χ4n) is 1.48. The number of hydrogen-bond donors (Lipinski definition) is 2. The van der Waals surface area contributed by atoms with Gasteiger partial charge in [-0.05, 0) is 18.2 Å². The van der Waals surface area contributed by atoms with Crippen LogP contribution < -0.4 is 11.5 Å². The summed E-state index contributed by atoms with van der Waals surface area (Å²) in [5, 5.41) is 0. The highest BCUT2D eigenvalue weighted by Gasteiger charge is 2.03. The molecule has 3 nitrogen and oxygen atoms in total. The number of halogens is 1. The second-order valence-corrected chi connectivity index (χ2v) is 4.37. The standard InChI is InChI=1S/C12H12BrN3/c13-10-3-1-2-8(6-10)11-5-4-9(7-14)12(15)16-11/h1-6H,7,14H2,(H2,15,16). The Morgan fingerprint density at radius 3 is 2.62 bits per heavy atom. The Morgan fingerprint density at radius 2 is 2.00 bits per heavy atom. The van der Waals surface area contributed by atoms with E-state index in [4.69, 9.17) is 11.5 Å². The molecule has 2 aromatic rings. The third-order valence-electron chi connectivity index (χ3n) is 2.35. The highest BCUT2D eigenvalue weighted by molar-refractivity contribution is 9.10. The van der Waals surface area contributed by atoms with E-state index >= 15 is 0 Å². The lowest BCUT2D eigenvalue weighted by molar-refractivity contribution is 1.06. The summed E-state index contributed by atoms with van der Waals surface area (Å²) in [6.07, 6.45) is 0. The molecule has 0 unspecified atom stereocenters. The van der Waals surface area contributed by atoms with E-state index in [1.54, 1.807) is 0 Å². The largest absolute Gasteiger partial charge is 0.383 e. The maximum Gasteiger partial charge on any atom is 0.128 e. The fraction of sp³-hybridized carbons (Fsp3) is 0.0833. The van der Waals surface area contributed by atoms with E-state index in [0.717, 1.165) is 21.3 Å². The predicted molar refractivity (Wildman–Crippen MR) is 69.7 cm³/mol. The normalized spacial score (nSPS) is 10.4. The van der Waals surface area contributed by atoms with E-state index in [2.05, 4.69) is 20.9 Å². The first-order valence-electron chi connectivity index (χ1n) is 4.92. The van der Waals surface area contributed by atoms with Crippen LogP contribution in [0.5, 0.6) is 0 Å². The van der Waals surface area contributed by atoms with Crippen LogP contribution in [0, 0.1) is 0 Å². The van der Waals surface area contributed by atoms with E-state index in [9.17, 15) is 0 Å². The van der Waals surface area contributed by atoms with Crippen molar-refractivity contribution in [1.82, 2.24) is 4.98 Å². The molecule has 1 heterocycles. The molecule has 4 heteroatoms. The molecular weight excluding hydrogens is 266 g/mol. The number of nitrogens with two attached hydrogens (primary N) is 2. The molecule has 0 fully saturated rings. The zero-order valence-corrected chi connectivity index (χ0v) is 10.2. The van der Waals surface area contributed by atoms with Gasteiger partial charge in [-0.3, -0.25) is 0 Å². The van der Waals surface area contributed by atoms with Gasteiger partial charge >= 0.3 is 0 Å². The first-order valence-corrected chi connectivity index (χ1v) is 5.71. The quantitative estimate of drug-likeness (QED) is 0.887. The zero-order chi connectivity index (χ0) is 11.5. The van der Waals surface area contributed by atoms with Crippen molar-refractivity contribution in [3.63, 3.8) is 0 Å². The molecule has 0 aliphatic rings. The molecule has 4 N–H and O–H groups in total. The van der Waals surface area contributed by atoms with Gasteiger partial charge in [-0.1, -0.05) is 34.1 Å². The first-order chi connectivity index (χ1) is 7.70. The summed E-state index contributed by atoms with van der Waals surface area (Å²) in [5.41, 5.74) is 14.1. The van der Waals surface area contributed by atoms with E-state index in [1.165, 1.54) is 0 Å². The van der Waals surface area contributed by atoms with E-state index in [1.807, 2.05) is 36.4 Å². The molecule has 0 saturated heterocycles. The third-order valence-corrected chi connectivity index (χ3v) is 2.85. The molecule has 0 saturated carbocycles. The van der Waals surface area contributed by atoms with Crippen molar-refractivity contribution in [3.05, 3.63) is 46.4 Å². The van der Waals surface area contributed by atoms with Gasteiger partial charge in [0.25, 0.3) is 0 Å². The summed E-state index contributed by atoms with van der Waals surface area (Å²) in [7, 11) is 0. The van der Waals surface area contributed by atoms with Crippen molar-refractivity contribution in [3.8, 4) is 11.3 Å². The van der Waals surface area contributed by atoms with Crippen molar-refractivity contribution < 1.29 is 0 Å². The molecule has 1 aromatic heterocycles. The van der Waals surface area contributed by atoms with Crippen LogP contribution in [0.2, 0.25) is 0 Å². The Kier molecular flexibility index (Phi) is 3.22. The monoisotopic (exact) mass is 277 g/mol. The fourth-order valence-corrected chi connectivity index (χ4v) is 1.88. The van der Waals surface area contributed by atoms with Crippen LogP contribution in [0.1, 0.15) is 5.56 Å². The summed E-state index contributed by atoms with van der Waals surface area (Å²) in [5.74, 6) is 0.500. The molecule has 0 spiro atoms. The van der Waals surface area contributed by atoms with Gasteiger partial charge in [0, 0.05) is 22.1 Å². The average molecular weight is 278 g/mol. The van der Waals surface area contributed by atoms with E-state index < -0.39 is 0 Å². The van der Waals surface area contributed by atoms with Crippen LogP contribution in [0.25, 0.3) is 11.3 Å². The van der Waals surface area contributed by atoms with E-state index in [0.29, 0.717) is 12.4 Å². The zero-order valence-electron chi connectivity index (χ0n) is 8.65. The molecule has 82 valence electrons. The summed E-state index contributed by atoms with van der Waals surface area (Å²) in [6.45, 7) is 0.414. The number of nitrogens with zero attached hydrogens (tertiary/aromatic N) is 1. The Hall–Kier alpha value is -1.39. The second-order valence-electron chi connectivity index (χ2n) is 3.46. The number of benzene rings is 1. The lowest BCUT2D eigenvalue weighted by Crippen LogP contribution is -2.03. The minimum absolute atomic E-state index is 0.414. The van der Waals surface area contributed by atoms with Crippen molar-refractivity contribution in [1.29, 1.82) is 0 Å². The van der Waals surface area contributed by atoms with Crippen LogP contribution in [0.15, 0.2) is 40.9 Å². The van der Waals surface area contributed by atoms with Crippen LogP contribution in [0.3, 0.4) is 0 Å². The maximum atomic E-state index is 5.80. The summed E-state index contributed by atoms with van der Waals surface area (Å²) < 4.78 is 1.02. The molecule has 2 rings (SSSR count). The Balaban J connectivity index is 2.45. The molecule has 16 heavy (non-hydrogen) atoms. The molecular formula is C12H12BrN3. The molecule has 0 atom stereocenters. The number of hydrogen-bond acceptors (Lipinski definition) is 3. The van der Waals surface area contributed by atoms with Crippen LogP contribution in [-0.2, 0) is 6.54 Å². The minimum atomic E-state index is 0.414. The number of pyridine rings is 1. The van der Waals surface area contributed by atoms with Crippen molar-refractivity contribution in [2.45, 2.75) is 6.54 Å². The van der Waals surface area contributed by atoms with Gasteiger partial charge in [0.05, 0.1) is 5.69 Å². The molecule has 0 amide bonds. The molecule has 0 bridgehead atoms. The summed E-state index contributed by atoms with van der Waals surface area (Å²) >= 11 is 3.43. The Morgan fingerprint density at radius 1 is 1.19 bits per heavy atom. The van der Waals surface area contributed by atoms with Crippen molar-refractivity contribution in [2.24, 2.45) is 5.73 Å². The second kappa shape index (κ2) is 4.63. The topological polar surface area (TPSA) is 64.9 Å². The highest BCUT2D eigenvalue weighted by Crippen LogP contribution is 2.23.